The van der Waals surface area contributed by atoms with Crippen molar-refractivity contribution in [1.82, 2.24) is 10.1 Å². The molecule has 0 spiro atoms. The number of esters is 1. The molecular weight excluding hydrogens is 320 g/mol. The number of methoxy groups -OCH3 is 1. The maximum absolute atomic E-state index is 12.1. The van der Waals surface area contributed by atoms with Crippen molar-refractivity contribution in [2.24, 2.45) is 0 Å². The van der Waals surface area contributed by atoms with Gasteiger partial charge in [0.1, 0.15) is 5.75 Å². The van der Waals surface area contributed by atoms with E-state index in [1.165, 1.54) is 12.7 Å². The number of carbonyl (C=O) groups is 1. The van der Waals surface area contributed by atoms with Crippen LogP contribution in [0.2, 0.25) is 0 Å². The smallest absolute Gasteiger partial charge is 0.338 e. The Morgan fingerprint density at radius 3 is 2.68 bits per heavy atom. The van der Waals surface area contributed by atoms with Gasteiger partial charge in [0.05, 0.1) is 12.7 Å². The van der Waals surface area contributed by atoms with Gasteiger partial charge in [0.15, 0.2) is 6.61 Å². The van der Waals surface area contributed by atoms with Crippen LogP contribution in [0.5, 0.6) is 5.75 Å². The second kappa shape index (κ2) is 7.61. The molecular formula is C19H18N2O4. The van der Waals surface area contributed by atoms with Gasteiger partial charge in [-0.1, -0.05) is 42.4 Å². The summed E-state index contributed by atoms with van der Waals surface area (Å²) in [6.07, 6.45) is 0.970. The van der Waals surface area contributed by atoms with E-state index in [9.17, 15) is 4.79 Å². The molecule has 0 saturated carbocycles. The van der Waals surface area contributed by atoms with Gasteiger partial charge < -0.3 is 14.0 Å². The third-order valence-corrected chi connectivity index (χ3v) is 3.72. The van der Waals surface area contributed by atoms with E-state index >= 15 is 0 Å². The minimum Gasteiger partial charge on any atom is -0.497 e. The van der Waals surface area contributed by atoms with Gasteiger partial charge in [-0.15, -0.1) is 0 Å². The summed E-state index contributed by atoms with van der Waals surface area (Å²) in [7, 11) is 1.54. The van der Waals surface area contributed by atoms with Gasteiger partial charge in [-0.25, -0.2) is 4.79 Å². The van der Waals surface area contributed by atoms with Crippen molar-refractivity contribution in [1.29, 1.82) is 0 Å². The van der Waals surface area contributed by atoms with E-state index in [-0.39, 0.29) is 12.5 Å². The third-order valence-electron chi connectivity index (χ3n) is 3.72. The molecule has 2 aromatic carbocycles. The summed E-state index contributed by atoms with van der Waals surface area (Å²) in [5, 5.41) is 3.92. The van der Waals surface area contributed by atoms with Crippen LogP contribution in [0.3, 0.4) is 0 Å². The summed E-state index contributed by atoms with van der Waals surface area (Å²) < 4.78 is 15.4. The number of hydrogen-bond donors (Lipinski definition) is 0. The largest absolute Gasteiger partial charge is 0.497 e. The Labute approximate surface area is 145 Å². The van der Waals surface area contributed by atoms with Gasteiger partial charge >= 0.3 is 5.97 Å². The van der Waals surface area contributed by atoms with Crippen LogP contribution in [-0.2, 0) is 17.8 Å². The highest BCUT2D eigenvalue weighted by atomic mass is 16.6. The van der Waals surface area contributed by atoms with Crippen molar-refractivity contribution in [3.63, 3.8) is 0 Å². The zero-order valence-electron chi connectivity index (χ0n) is 14.1. The Kier molecular flexibility index (Phi) is 5.09. The lowest BCUT2D eigenvalue weighted by Crippen LogP contribution is -2.05. The topological polar surface area (TPSA) is 74.5 Å². The maximum Gasteiger partial charge on any atom is 0.338 e. The summed E-state index contributed by atoms with van der Waals surface area (Å²) in [5.74, 6) is 0.817. The number of rotatable bonds is 6. The van der Waals surface area contributed by atoms with Crippen molar-refractivity contribution in [3.05, 3.63) is 65.5 Å². The molecule has 0 aliphatic rings. The first kappa shape index (κ1) is 16.7. The highest BCUT2D eigenvalue weighted by Crippen LogP contribution is 2.18. The molecule has 0 fully saturated rings. The molecule has 3 rings (SSSR count). The van der Waals surface area contributed by atoms with E-state index in [0.29, 0.717) is 17.1 Å². The number of aromatic nitrogens is 2. The monoisotopic (exact) mass is 338 g/mol. The SMILES string of the molecule is CCc1ccc(-c2noc(COC(=O)c3cccc(OC)c3)n2)cc1. The Balaban J connectivity index is 1.63. The summed E-state index contributed by atoms with van der Waals surface area (Å²) in [5.41, 5.74) is 2.49. The molecule has 0 amide bonds. The Hall–Kier alpha value is -3.15. The van der Waals surface area contributed by atoms with Gasteiger partial charge in [0.2, 0.25) is 5.82 Å². The van der Waals surface area contributed by atoms with Crippen LogP contribution in [0.25, 0.3) is 11.4 Å². The summed E-state index contributed by atoms with van der Waals surface area (Å²) >= 11 is 0. The lowest BCUT2D eigenvalue weighted by molar-refractivity contribution is 0.0429. The molecule has 3 aromatic rings. The number of ether oxygens (including phenoxy) is 2. The van der Waals surface area contributed by atoms with E-state index in [4.69, 9.17) is 14.0 Å². The van der Waals surface area contributed by atoms with Crippen molar-refractivity contribution < 1.29 is 18.8 Å². The van der Waals surface area contributed by atoms with E-state index in [1.807, 2.05) is 24.3 Å². The first-order chi connectivity index (χ1) is 12.2. The standard InChI is InChI=1S/C19H18N2O4/c1-3-13-7-9-14(10-8-13)18-20-17(25-21-18)12-24-19(22)15-5-4-6-16(11-15)23-2/h4-11H,3,12H2,1-2H3. The Bertz CT molecular complexity index is 856. The number of aryl methyl sites for hydroxylation is 1. The van der Waals surface area contributed by atoms with Crippen molar-refractivity contribution in [3.8, 4) is 17.1 Å². The van der Waals surface area contributed by atoms with Crippen LogP contribution in [-0.4, -0.2) is 23.2 Å². The molecule has 6 heteroatoms. The van der Waals surface area contributed by atoms with Crippen LogP contribution in [0.1, 0.15) is 28.7 Å². The van der Waals surface area contributed by atoms with Crippen LogP contribution in [0.4, 0.5) is 0 Å². The van der Waals surface area contributed by atoms with Gasteiger partial charge in [-0.3, -0.25) is 0 Å². The highest BCUT2D eigenvalue weighted by molar-refractivity contribution is 5.89. The lowest BCUT2D eigenvalue weighted by atomic mass is 10.1. The van der Waals surface area contributed by atoms with Crippen LogP contribution in [0, 0.1) is 0 Å². The fourth-order valence-electron chi connectivity index (χ4n) is 2.28. The first-order valence-electron chi connectivity index (χ1n) is 7.92. The van der Waals surface area contributed by atoms with Crippen LogP contribution >= 0.6 is 0 Å². The molecule has 6 nitrogen and oxygen atoms in total. The molecule has 0 atom stereocenters. The average molecular weight is 338 g/mol. The number of hydrogen-bond acceptors (Lipinski definition) is 6. The number of carbonyl (C=O) groups excluding carboxylic acids is 1. The minimum absolute atomic E-state index is 0.0872. The second-order valence-corrected chi connectivity index (χ2v) is 5.37. The molecule has 0 aliphatic heterocycles. The van der Waals surface area contributed by atoms with Crippen molar-refractivity contribution >= 4 is 5.97 Å². The van der Waals surface area contributed by atoms with E-state index in [2.05, 4.69) is 17.1 Å². The summed E-state index contributed by atoms with van der Waals surface area (Å²) in [6, 6.07) is 14.7. The van der Waals surface area contributed by atoms with Crippen LogP contribution in [0.15, 0.2) is 53.1 Å². The molecule has 1 aromatic heterocycles. The Morgan fingerprint density at radius 2 is 1.96 bits per heavy atom. The fraction of sp³-hybridized carbons (Fsp3) is 0.211. The third kappa shape index (κ3) is 4.03. The second-order valence-electron chi connectivity index (χ2n) is 5.37. The zero-order chi connectivity index (χ0) is 17.6. The molecule has 0 bridgehead atoms. The predicted molar refractivity (Wildman–Crippen MR) is 91.2 cm³/mol. The van der Waals surface area contributed by atoms with Crippen molar-refractivity contribution in [2.45, 2.75) is 20.0 Å². The molecule has 1 heterocycles. The molecule has 0 N–H and O–H groups in total. The predicted octanol–water partition coefficient (Wildman–Crippen LogP) is 3.66. The lowest BCUT2D eigenvalue weighted by Gasteiger charge is -2.04. The van der Waals surface area contributed by atoms with Crippen molar-refractivity contribution in [2.75, 3.05) is 7.11 Å². The normalized spacial score (nSPS) is 10.5. The fourth-order valence-corrected chi connectivity index (χ4v) is 2.28. The Morgan fingerprint density at radius 1 is 1.16 bits per heavy atom. The van der Waals surface area contributed by atoms with E-state index in [1.54, 1.807) is 24.3 Å². The average Bonchev–Trinajstić information content (AvgIpc) is 3.15. The quantitative estimate of drug-likeness (QED) is 0.639. The number of nitrogens with zero attached hydrogens (tertiary/aromatic N) is 2. The minimum atomic E-state index is -0.481. The van der Waals surface area contributed by atoms with Crippen LogP contribution < -0.4 is 4.74 Å². The van der Waals surface area contributed by atoms with Gasteiger partial charge in [0, 0.05) is 5.56 Å². The van der Waals surface area contributed by atoms with E-state index in [0.717, 1.165) is 12.0 Å². The highest BCUT2D eigenvalue weighted by Gasteiger charge is 2.13. The molecule has 128 valence electrons. The molecule has 0 unspecified atom stereocenters. The van der Waals surface area contributed by atoms with E-state index < -0.39 is 5.97 Å². The van der Waals surface area contributed by atoms with Gasteiger partial charge in [-0.2, -0.15) is 4.98 Å². The van der Waals surface area contributed by atoms with Gasteiger partial charge in [0.25, 0.3) is 5.89 Å². The number of benzene rings is 2. The molecule has 0 aliphatic carbocycles. The molecule has 0 radical (unpaired) electrons. The summed E-state index contributed by atoms with van der Waals surface area (Å²) in [4.78, 5) is 16.3. The molecule has 25 heavy (non-hydrogen) atoms. The summed E-state index contributed by atoms with van der Waals surface area (Å²) in [6.45, 7) is 2.01. The first-order valence-corrected chi connectivity index (χ1v) is 7.92. The van der Waals surface area contributed by atoms with Gasteiger partial charge in [-0.05, 0) is 30.2 Å². The maximum atomic E-state index is 12.1. The zero-order valence-corrected chi connectivity index (χ0v) is 14.1. The molecule has 0 saturated heterocycles.